The molecule has 7 nitrogen and oxygen atoms in total. The van der Waals surface area contributed by atoms with E-state index in [2.05, 4.69) is 10.1 Å². The van der Waals surface area contributed by atoms with Crippen LogP contribution in [0.15, 0.2) is 47.1 Å². The van der Waals surface area contributed by atoms with Crippen LogP contribution in [-0.4, -0.2) is 30.9 Å². The normalized spacial score (nSPS) is 10.9. The van der Waals surface area contributed by atoms with Crippen LogP contribution in [0.5, 0.6) is 0 Å². The molecule has 1 aromatic heterocycles. The molecular formula is C17H15F3N2O5. The van der Waals surface area contributed by atoms with Crippen LogP contribution in [0.3, 0.4) is 0 Å². The van der Waals surface area contributed by atoms with Crippen LogP contribution in [0.4, 0.5) is 18.9 Å². The molecule has 2 rings (SSSR count). The first-order valence-electron chi connectivity index (χ1n) is 7.71. The Bertz CT molecular complexity index is 803. The molecule has 0 aliphatic rings. The lowest BCUT2D eigenvalue weighted by atomic mass is 10.1. The van der Waals surface area contributed by atoms with Crippen molar-refractivity contribution in [1.82, 2.24) is 5.32 Å². The number of hydrogen-bond donors (Lipinski definition) is 2. The Morgan fingerprint density at radius 1 is 1.07 bits per heavy atom. The molecule has 1 aromatic carbocycles. The molecule has 0 bridgehead atoms. The standard InChI is InChI=1S/C17H15F3N2O5/c18-17(19,20)11-4-1-2-5-12(11)22-14(23)10-27-15(24)7-8-21-16(25)13-6-3-9-26-13/h1-6,9H,7-8,10H2,(H,21,25)(H,22,23). The molecule has 2 N–H and O–H groups in total. The maximum Gasteiger partial charge on any atom is 0.418 e. The van der Waals surface area contributed by atoms with Crippen molar-refractivity contribution in [2.75, 3.05) is 18.5 Å². The molecule has 0 saturated carbocycles. The third-order valence-electron chi connectivity index (χ3n) is 3.23. The van der Waals surface area contributed by atoms with E-state index in [9.17, 15) is 27.6 Å². The molecule has 0 atom stereocenters. The number of para-hydroxylation sites is 1. The van der Waals surface area contributed by atoms with Gasteiger partial charge in [-0.1, -0.05) is 12.1 Å². The Labute approximate surface area is 151 Å². The Morgan fingerprint density at radius 3 is 2.48 bits per heavy atom. The lowest BCUT2D eigenvalue weighted by molar-refractivity contribution is -0.147. The van der Waals surface area contributed by atoms with Crippen LogP contribution in [0.2, 0.25) is 0 Å². The van der Waals surface area contributed by atoms with Crippen molar-refractivity contribution in [3.63, 3.8) is 0 Å². The second-order valence-electron chi connectivity index (χ2n) is 5.24. The molecule has 0 spiro atoms. The third-order valence-corrected chi connectivity index (χ3v) is 3.23. The van der Waals surface area contributed by atoms with Crippen molar-refractivity contribution in [3.05, 3.63) is 54.0 Å². The summed E-state index contributed by atoms with van der Waals surface area (Å²) in [5, 5.41) is 4.46. The van der Waals surface area contributed by atoms with Crippen LogP contribution >= 0.6 is 0 Å². The summed E-state index contributed by atoms with van der Waals surface area (Å²) in [6.45, 7) is -0.811. The number of amides is 2. The third kappa shape index (κ3) is 6.17. The number of esters is 1. The maximum absolute atomic E-state index is 12.8. The predicted octanol–water partition coefficient (Wildman–Crippen LogP) is 2.60. The van der Waals surface area contributed by atoms with Gasteiger partial charge in [-0.05, 0) is 24.3 Å². The van der Waals surface area contributed by atoms with Crippen molar-refractivity contribution in [3.8, 4) is 0 Å². The Kier molecular flexibility index (Phi) is 6.58. The molecule has 2 aromatic rings. The zero-order chi connectivity index (χ0) is 19.9. The summed E-state index contributed by atoms with van der Waals surface area (Å²) in [7, 11) is 0. The van der Waals surface area contributed by atoms with Gasteiger partial charge in [0.1, 0.15) is 0 Å². The van der Waals surface area contributed by atoms with Crippen molar-refractivity contribution in [1.29, 1.82) is 0 Å². The number of ether oxygens (including phenoxy) is 1. The molecule has 27 heavy (non-hydrogen) atoms. The number of furan rings is 1. The Balaban J connectivity index is 1.74. The summed E-state index contributed by atoms with van der Waals surface area (Å²) < 4.78 is 48.1. The molecule has 0 radical (unpaired) electrons. The first kappa shape index (κ1) is 20.0. The number of halogens is 3. The minimum absolute atomic E-state index is 0.0586. The van der Waals surface area contributed by atoms with E-state index >= 15 is 0 Å². The molecule has 10 heteroatoms. The second kappa shape index (κ2) is 8.88. The highest BCUT2D eigenvalue weighted by Gasteiger charge is 2.33. The van der Waals surface area contributed by atoms with Gasteiger partial charge in [0.15, 0.2) is 12.4 Å². The Hall–Kier alpha value is -3.30. The van der Waals surface area contributed by atoms with Crippen molar-refractivity contribution in [2.45, 2.75) is 12.6 Å². The fourth-order valence-electron chi connectivity index (χ4n) is 2.02. The van der Waals surface area contributed by atoms with Crippen molar-refractivity contribution in [2.24, 2.45) is 0 Å². The highest BCUT2D eigenvalue weighted by Crippen LogP contribution is 2.34. The van der Waals surface area contributed by atoms with Crippen LogP contribution < -0.4 is 10.6 Å². The van der Waals surface area contributed by atoms with Gasteiger partial charge in [-0.15, -0.1) is 0 Å². The quantitative estimate of drug-likeness (QED) is 0.715. The van der Waals surface area contributed by atoms with Gasteiger partial charge in [0.05, 0.1) is 23.9 Å². The van der Waals surface area contributed by atoms with Crippen molar-refractivity contribution < 1.29 is 36.7 Å². The summed E-state index contributed by atoms with van der Waals surface area (Å²) in [6.07, 6.45) is -3.54. The topological polar surface area (TPSA) is 97.6 Å². The van der Waals surface area contributed by atoms with E-state index < -0.39 is 41.8 Å². The summed E-state index contributed by atoms with van der Waals surface area (Å²) >= 11 is 0. The highest BCUT2D eigenvalue weighted by atomic mass is 19.4. The summed E-state index contributed by atoms with van der Waals surface area (Å²) in [6, 6.07) is 7.40. The van der Waals surface area contributed by atoms with Gasteiger partial charge in [0.25, 0.3) is 11.8 Å². The minimum Gasteiger partial charge on any atom is -0.459 e. The number of rotatable bonds is 7. The van der Waals surface area contributed by atoms with Crippen LogP contribution in [0, 0.1) is 0 Å². The summed E-state index contributed by atoms with van der Waals surface area (Å²) in [4.78, 5) is 34.8. The molecule has 0 aliphatic heterocycles. The first-order valence-corrected chi connectivity index (χ1v) is 7.71. The smallest absolute Gasteiger partial charge is 0.418 e. The fourth-order valence-corrected chi connectivity index (χ4v) is 2.02. The van der Waals surface area contributed by atoms with Crippen molar-refractivity contribution >= 4 is 23.5 Å². The van der Waals surface area contributed by atoms with Gasteiger partial charge in [-0.25, -0.2) is 0 Å². The zero-order valence-electron chi connectivity index (χ0n) is 13.8. The van der Waals surface area contributed by atoms with E-state index in [1.807, 2.05) is 5.32 Å². The van der Waals surface area contributed by atoms with E-state index in [0.29, 0.717) is 0 Å². The highest BCUT2D eigenvalue weighted by molar-refractivity contribution is 5.94. The Morgan fingerprint density at radius 2 is 1.81 bits per heavy atom. The number of carbonyl (C=O) groups excluding carboxylic acids is 3. The molecule has 144 valence electrons. The van der Waals surface area contributed by atoms with Crippen LogP contribution in [0.25, 0.3) is 0 Å². The monoisotopic (exact) mass is 384 g/mol. The van der Waals surface area contributed by atoms with E-state index in [1.54, 1.807) is 0 Å². The number of anilines is 1. The van der Waals surface area contributed by atoms with Gasteiger partial charge in [0, 0.05) is 6.54 Å². The second-order valence-corrected chi connectivity index (χ2v) is 5.24. The number of nitrogens with one attached hydrogen (secondary N) is 2. The predicted molar refractivity (Wildman–Crippen MR) is 86.7 cm³/mol. The average molecular weight is 384 g/mol. The average Bonchev–Trinajstić information content (AvgIpc) is 3.14. The molecule has 0 fully saturated rings. The number of carbonyl (C=O) groups is 3. The summed E-state index contributed by atoms with van der Waals surface area (Å²) in [5.41, 5.74) is -1.44. The SMILES string of the molecule is O=C(COC(=O)CCNC(=O)c1ccco1)Nc1ccccc1C(F)(F)F. The number of hydrogen-bond acceptors (Lipinski definition) is 5. The van der Waals surface area contributed by atoms with Crippen LogP contribution in [-0.2, 0) is 20.5 Å². The van der Waals surface area contributed by atoms with E-state index in [-0.39, 0.29) is 18.7 Å². The lowest BCUT2D eigenvalue weighted by Crippen LogP contribution is -2.27. The van der Waals surface area contributed by atoms with Gasteiger partial charge in [0.2, 0.25) is 0 Å². The number of benzene rings is 1. The van der Waals surface area contributed by atoms with Gasteiger partial charge >= 0.3 is 12.1 Å². The van der Waals surface area contributed by atoms with E-state index in [4.69, 9.17) is 4.42 Å². The van der Waals surface area contributed by atoms with E-state index in [1.165, 1.54) is 30.5 Å². The molecule has 0 unspecified atom stereocenters. The molecule has 0 aliphatic carbocycles. The molecule has 2 amide bonds. The molecular weight excluding hydrogens is 369 g/mol. The molecule has 0 saturated heterocycles. The largest absolute Gasteiger partial charge is 0.459 e. The summed E-state index contributed by atoms with van der Waals surface area (Å²) in [5.74, 6) is -2.16. The molecule has 1 heterocycles. The van der Waals surface area contributed by atoms with Gasteiger partial charge in [-0.3, -0.25) is 14.4 Å². The minimum atomic E-state index is -4.63. The zero-order valence-corrected chi connectivity index (χ0v) is 13.8. The first-order chi connectivity index (χ1) is 12.8. The van der Waals surface area contributed by atoms with Crippen LogP contribution in [0.1, 0.15) is 22.5 Å². The van der Waals surface area contributed by atoms with Gasteiger partial charge < -0.3 is 19.8 Å². The fraction of sp³-hybridized carbons (Fsp3) is 0.235. The number of alkyl halides is 3. The maximum atomic E-state index is 12.8. The lowest BCUT2D eigenvalue weighted by Gasteiger charge is -2.13. The van der Waals surface area contributed by atoms with Gasteiger partial charge in [-0.2, -0.15) is 13.2 Å². The van der Waals surface area contributed by atoms with E-state index in [0.717, 1.165) is 12.1 Å².